The zero-order valence-electron chi connectivity index (χ0n) is 20.9. The Balaban J connectivity index is 1.14. The van der Waals surface area contributed by atoms with Crippen molar-refractivity contribution < 1.29 is 4.79 Å². The van der Waals surface area contributed by atoms with Gasteiger partial charge < -0.3 is 20.0 Å². The van der Waals surface area contributed by atoms with Crippen molar-refractivity contribution in [2.24, 2.45) is 0 Å². The first kappa shape index (κ1) is 24.6. The molecule has 13 nitrogen and oxygen atoms in total. The third-order valence-corrected chi connectivity index (χ3v) is 7.70. The van der Waals surface area contributed by atoms with Crippen molar-refractivity contribution in [2.45, 2.75) is 18.5 Å². The van der Waals surface area contributed by atoms with Crippen LogP contribution < -0.4 is 10.2 Å². The Labute approximate surface area is 232 Å². The number of aromatic nitrogens is 7. The van der Waals surface area contributed by atoms with Crippen LogP contribution in [0.4, 0.5) is 17.3 Å². The maximum Gasteiger partial charge on any atom is 0.247 e. The van der Waals surface area contributed by atoms with E-state index < -0.39 is 0 Å². The number of nitriles is 1. The Morgan fingerprint density at radius 2 is 2.00 bits per heavy atom. The van der Waals surface area contributed by atoms with E-state index in [4.69, 9.17) is 4.98 Å². The molecule has 2 aliphatic rings. The number of hydrogen-bond donors (Lipinski definition) is 1. The summed E-state index contributed by atoms with van der Waals surface area (Å²) in [6, 6.07) is 6.27. The highest BCUT2D eigenvalue weighted by molar-refractivity contribution is 14.1. The highest BCUT2D eigenvalue weighted by Crippen LogP contribution is 2.37. The lowest BCUT2D eigenvalue weighted by atomic mass is 9.86. The van der Waals surface area contributed by atoms with Crippen molar-refractivity contribution in [1.82, 2.24) is 44.0 Å². The average Bonchev–Trinajstić information content (AvgIpc) is 3.61. The van der Waals surface area contributed by atoms with Gasteiger partial charge in [0.05, 0.1) is 39.8 Å². The molecule has 1 N–H and O–H groups in total. The van der Waals surface area contributed by atoms with Crippen LogP contribution in [0.3, 0.4) is 0 Å². The van der Waals surface area contributed by atoms with Crippen LogP contribution >= 0.6 is 22.6 Å². The molecule has 0 radical (unpaired) electrons. The van der Waals surface area contributed by atoms with Crippen molar-refractivity contribution >= 4 is 51.5 Å². The molecule has 4 aromatic rings. The molecule has 38 heavy (non-hydrogen) atoms. The van der Waals surface area contributed by atoms with Gasteiger partial charge in [-0.15, -0.1) is 5.10 Å². The van der Waals surface area contributed by atoms with E-state index in [2.05, 4.69) is 66.1 Å². The largest absolute Gasteiger partial charge is 0.363 e. The summed E-state index contributed by atoms with van der Waals surface area (Å²) in [5, 5.41) is 26.0. The summed E-state index contributed by atoms with van der Waals surface area (Å²) in [6.07, 6.45) is 9.48. The molecule has 2 fully saturated rings. The second-order valence-corrected chi connectivity index (χ2v) is 11.1. The molecule has 2 aliphatic heterocycles. The number of amides is 1. The van der Waals surface area contributed by atoms with Gasteiger partial charge in [-0.05, 0) is 41.8 Å². The van der Waals surface area contributed by atoms with Crippen molar-refractivity contribution in [3.63, 3.8) is 0 Å². The standard InChI is InChI=1S/C24H27IN12O/c1-32-7-9-33(10-8-32)21(38)15-35-14-19(12-27-35)29-23-30-22-20(3-2-6-36(22)31-23)34-16-24(17-34,4-5-26)37-13-18(25)11-28-37/h2-3,6,11-14H,4,7-10,15-17H2,1H3,(H,29,31). The maximum absolute atomic E-state index is 12.6. The molecular weight excluding hydrogens is 599 g/mol. The van der Waals surface area contributed by atoms with Crippen LogP contribution in [0.25, 0.3) is 5.65 Å². The second-order valence-electron chi connectivity index (χ2n) is 9.85. The number of carbonyl (C=O) groups excluding carboxylic acids is 1. The molecule has 6 heterocycles. The Morgan fingerprint density at radius 1 is 1.18 bits per heavy atom. The van der Waals surface area contributed by atoms with E-state index in [1.54, 1.807) is 21.6 Å². The summed E-state index contributed by atoms with van der Waals surface area (Å²) >= 11 is 2.23. The van der Waals surface area contributed by atoms with Crippen LogP contribution in [0.1, 0.15) is 6.42 Å². The highest BCUT2D eigenvalue weighted by Gasteiger charge is 2.46. The molecule has 196 valence electrons. The van der Waals surface area contributed by atoms with Crippen LogP contribution in [0.2, 0.25) is 0 Å². The number of likely N-dealkylation sites (N-methyl/N-ethyl adjacent to an activating group) is 1. The molecule has 0 aliphatic carbocycles. The minimum Gasteiger partial charge on any atom is -0.363 e. The van der Waals surface area contributed by atoms with E-state index in [0.29, 0.717) is 36.8 Å². The lowest BCUT2D eigenvalue weighted by Gasteiger charge is -2.50. The van der Waals surface area contributed by atoms with Gasteiger partial charge in [0.2, 0.25) is 11.9 Å². The first-order valence-electron chi connectivity index (χ1n) is 12.4. The quantitative estimate of drug-likeness (QED) is 0.303. The SMILES string of the molecule is CN1CCN(C(=O)Cn2cc(Nc3nc4c(N5CC(CC#N)(n6cc(I)cn6)C5)cccn4n3)cn2)CC1. The van der Waals surface area contributed by atoms with Gasteiger partial charge in [-0.25, -0.2) is 4.52 Å². The number of anilines is 3. The summed E-state index contributed by atoms with van der Waals surface area (Å²) in [5.41, 5.74) is 2.01. The van der Waals surface area contributed by atoms with E-state index in [9.17, 15) is 10.1 Å². The van der Waals surface area contributed by atoms with Gasteiger partial charge in [-0.1, -0.05) is 0 Å². The number of nitrogens with zero attached hydrogens (tertiary/aromatic N) is 11. The van der Waals surface area contributed by atoms with Crippen LogP contribution in [0.15, 0.2) is 43.1 Å². The summed E-state index contributed by atoms with van der Waals surface area (Å²) in [7, 11) is 2.07. The van der Waals surface area contributed by atoms with Crippen LogP contribution in [0.5, 0.6) is 0 Å². The lowest BCUT2D eigenvalue weighted by Crippen LogP contribution is -2.63. The molecule has 4 aromatic heterocycles. The summed E-state index contributed by atoms with van der Waals surface area (Å²) < 4.78 is 6.33. The van der Waals surface area contributed by atoms with Crippen LogP contribution in [-0.4, -0.2) is 96.2 Å². The molecule has 1 amide bonds. The molecular formula is C24H27IN12O. The number of halogens is 1. The van der Waals surface area contributed by atoms with Crippen LogP contribution in [0, 0.1) is 14.9 Å². The molecule has 0 aromatic carbocycles. The summed E-state index contributed by atoms with van der Waals surface area (Å²) in [5.74, 6) is 0.503. The fourth-order valence-electron chi connectivity index (χ4n) is 5.01. The van der Waals surface area contributed by atoms with Crippen molar-refractivity contribution in [3.05, 3.63) is 46.7 Å². The normalized spacial score (nSPS) is 17.4. The van der Waals surface area contributed by atoms with E-state index in [-0.39, 0.29) is 18.0 Å². The van der Waals surface area contributed by atoms with Gasteiger partial charge in [-0.3, -0.25) is 14.2 Å². The van der Waals surface area contributed by atoms with Gasteiger partial charge in [0.1, 0.15) is 12.1 Å². The van der Waals surface area contributed by atoms with Gasteiger partial charge >= 0.3 is 0 Å². The van der Waals surface area contributed by atoms with Crippen molar-refractivity contribution in [1.29, 1.82) is 5.26 Å². The topological polar surface area (TPSA) is 128 Å². The smallest absolute Gasteiger partial charge is 0.247 e. The highest BCUT2D eigenvalue weighted by atomic mass is 127. The average molecular weight is 626 g/mol. The Bertz CT molecular complexity index is 1500. The van der Waals surface area contributed by atoms with Gasteiger partial charge in [-0.2, -0.15) is 20.4 Å². The fourth-order valence-corrected chi connectivity index (χ4v) is 5.40. The fraction of sp³-hybridized carbons (Fsp3) is 0.417. The molecule has 14 heteroatoms. The first-order chi connectivity index (χ1) is 18.4. The Kier molecular flexibility index (Phi) is 6.40. The summed E-state index contributed by atoms with van der Waals surface area (Å²) in [6.45, 7) is 4.76. The van der Waals surface area contributed by atoms with E-state index in [0.717, 1.165) is 35.4 Å². The molecule has 0 unspecified atom stereocenters. The summed E-state index contributed by atoms with van der Waals surface area (Å²) in [4.78, 5) is 23.7. The van der Waals surface area contributed by atoms with Crippen molar-refractivity contribution in [3.8, 4) is 6.07 Å². The van der Waals surface area contributed by atoms with Crippen molar-refractivity contribution in [2.75, 3.05) is 56.5 Å². The monoisotopic (exact) mass is 626 g/mol. The number of piperazine rings is 1. The Morgan fingerprint density at radius 3 is 2.74 bits per heavy atom. The molecule has 2 saturated heterocycles. The number of carbonyl (C=O) groups is 1. The number of rotatable bonds is 7. The van der Waals surface area contributed by atoms with Gasteiger partial charge in [0.15, 0.2) is 5.65 Å². The predicted molar refractivity (Wildman–Crippen MR) is 148 cm³/mol. The number of fused-ring (bicyclic) bond motifs is 1. The third-order valence-electron chi connectivity index (χ3n) is 7.14. The predicted octanol–water partition coefficient (Wildman–Crippen LogP) is 1.37. The van der Waals surface area contributed by atoms with Gasteiger partial charge in [0, 0.05) is 57.9 Å². The Hall–Kier alpha value is -3.71. The second kappa shape index (κ2) is 9.87. The third kappa shape index (κ3) is 4.67. The molecule has 0 saturated carbocycles. The van der Waals surface area contributed by atoms with E-state index in [1.807, 2.05) is 40.3 Å². The molecule has 6 rings (SSSR count). The van der Waals surface area contributed by atoms with Crippen LogP contribution in [-0.2, 0) is 16.9 Å². The molecule has 0 atom stereocenters. The number of nitrogens with one attached hydrogen (secondary N) is 1. The first-order valence-corrected chi connectivity index (χ1v) is 13.4. The van der Waals surface area contributed by atoms with Gasteiger partial charge in [0.25, 0.3) is 0 Å². The minimum atomic E-state index is -0.359. The number of pyridine rings is 1. The molecule has 0 spiro atoms. The van der Waals surface area contributed by atoms with E-state index in [1.165, 1.54) is 0 Å². The molecule has 0 bridgehead atoms. The zero-order valence-corrected chi connectivity index (χ0v) is 23.1. The minimum absolute atomic E-state index is 0.0649. The van der Waals surface area contributed by atoms with E-state index >= 15 is 0 Å². The maximum atomic E-state index is 12.6. The lowest BCUT2D eigenvalue weighted by molar-refractivity contribution is -0.133. The number of hydrogen-bond acceptors (Lipinski definition) is 9. The zero-order chi connectivity index (χ0) is 26.3.